The number of anilines is 2. The predicted octanol–water partition coefficient (Wildman–Crippen LogP) is 2.38. The second-order valence-electron chi connectivity index (χ2n) is 6.96. The van der Waals surface area contributed by atoms with Gasteiger partial charge in [-0.25, -0.2) is 9.98 Å². The van der Waals surface area contributed by atoms with E-state index in [4.69, 9.17) is 9.15 Å². The van der Waals surface area contributed by atoms with Crippen molar-refractivity contribution in [2.75, 3.05) is 49.5 Å². The minimum atomic E-state index is -4.52. The van der Waals surface area contributed by atoms with Gasteiger partial charge in [0.05, 0.1) is 29.2 Å². The van der Waals surface area contributed by atoms with Gasteiger partial charge in [-0.05, 0) is 18.2 Å². The molecule has 4 rings (SSSR count). The molecule has 0 bridgehead atoms. The Morgan fingerprint density at radius 1 is 1.20 bits per heavy atom. The van der Waals surface area contributed by atoms with Crippen LogP contribution in [0.2, 0.25) is 0 Å². The van der Waals surface area contributed by atoms with Crippen LogP contribution in [0.25, 0.3) is 0 Å². The molecule has 3 heterocycles. The number of benzene rings is 1. The zero-order chi connectivity index (χ0) is 21.1. The van der Waals surface area contributed by atoms with Crippen LogP contribution in [0.15, 0.2) is 40.3 Å². The van der Waals surface area contributed by atoms with Crippen molar-refractivity contribution in [2.24, 2.45) is 4.99 Å². The van der Waals surface area contributed by atoms with Gasteiger partial charge in [0.2, 0.25) is 0 Å². The summed E-state index contributed by atoms with van der Waals surface area (Å²) in [4.78, 5) is 24.5. The molecule has 1 aromatic carbocycles. The molecule has 0 unspecified atom stereocenters. The number of halogens is 3. The number of carbonyl (C=O) groups is 1. The lowest BCUT2D eigenvalue weighted by Gasteiger charge is -2.36. The first-order chi connectivity index (χ1) is 14.4. The summed E-state index contributed by atoms with van der Waals surface area (Å²) < 4.78 is 49.7. The van der Waals surface area contributed by atoms with E-state index >= 15 is 0 Å². The van der Waals surface area contributed by atoms with Gasteiger partial charge in [0.1, 0.15) is 12.9 Å². The van der Waals surface area contributed by atoms with E-state index in [9.17, 15) is 18.0 Å². The molecule has 0 saturated carbocycles. The third kappa shape index (κ3) is 4.56. The molecule has 1 saturated heterocycles. The fraction of sp³-hybridized carbons (Fsp3) is 0.421. The molecule has 0 radical (unpaired) electrons. The normalized spacial score (nSPS) is 17.6. The van der Waals surface area contributed by atoms with Gasteiger partial charge < -0.3 is 19.4 Å². The number of hydrogen-bond acceptors (Lipinski definition) is 7. The van der Waals surface area contributed by atoms with Gasteiger partial charge in [0.25, 0.3) is 5.90 Å². The minimum Gasteiger partial charge on any atom is -0.472 e. The molecule has 1 aromatic heterocycles. The largest absolute Gasteiger partial charge is 0.472 e. The van der Waals surface area contributed by atoms with E-state index < -0.39 is 17.6 Å². The van der Waals surface area contributed by atoms with E-state index in [2.05, 4.69) is 20.2 Å². The molecule has 160 valence electrons. The van der Waals surface area contributed by atoms with Gasteiger partial charge in [0, 0.05) is 32.7 Å². The van der Waals surface area contributed by atoms with Gasteiger partial charge in [-0.15, -0.1) is 0 Å². The van der Waals surface area contributed by atoms with Crippen molar-refractivity contribution in [3.8, 4) is 0 Å². The van der Waals surface area contributed by atoms with Crippen molar-refractivity contribution in [3.05, 3.63) is 42.1 Å². The van der Waals surface area contributed by atoms with Crippen LogP contribution < -0.4 is 10.2 Å². The Hall–Kier alpha value is -3.08. The molecule has 0 spiro atoms. The van der Waals surface area contributed by atoms with Crippen molar-refractivity contribution in [1.29, 1.82) is 0 Å². The molecular formula is C19H20F3N5O3. The first-order valence-corrected chi connectivity index (χ1v) is 9.44. The summed E-state index contributed by atoms with van der Waals surface area (Å²) >= 11 is 0. The Bertz CT molecular complexity index is 922. The average molecular weight is 423 g/mol. The zero-order valence-electron chi connectivity index (χ0n) is 16.0. The summed E-state index contributed by atoms with van der Waals surface area (Å²) in [6.07, 6.45) is -1.56. The van der Waals surface area contributed by atoms with Crippen molar-refractivity contribution in [1.82, 2.24) is 9.88 Å². The number of aliphatic imine (C=N–C) groups is 1. The maximum absolute atomic E-state index is 13.2. The van der Waals surface area contributed by atoms with E-state index in [0.717, 1.165) is 17.8 Å². The van der Waals surface area contributed by atoms with Crippen LogP contribution in [0.1, 0.15) is 11.3 Å². The molecule has 8 nitrogen and oxygen atoms in total. The second-order valence-corrected chi connectivity index (χ2v) is 6.96. The highest BCUT2D eigenvalue weighted by atomic mass is 19.4. The number of hydrogen-bond donors (Lipinski definition) is 1. The van der Waals surface area contributed by atoms with Gasteiger partial charge in [-0.3, -0.25) is 9.69 Å². The first kappa shape index (κ1) is 20.2. The summed E-state index contributed by atoms with van der Waals surface area (Å²) in [7, 11) is 0. The van der Waals surface area contributed by atoms with E-state index in [0.29, 0.717) is 45.0 Å². The molecular weight excluding hydrogens is 403 g/mol. The maximum atomic E-state index is 13.2. The Morgan fingerprint density at radius 2 is 2.00 bits per heavy atom. The van der Waals surface area contributed by atoms with Crippen LogP contribution in [-0.4, -0.2) is 61.0 Å². The maximum Gasteiger partial charge on any atom is 0.416 e. The number of oxazole rings is 1. The highest BCUT2D eigenvalue weighted by Gasteiger charge is 2.32. The number of amides is 1. The topological polar surface area (TPSA) is 83.2 Å². The lowest BCUT2D eigenvalue weighted by Crippen LogP contribution is -2.46. The summed E-state index contributed by atoms with van der Waals surface area (Å²) in [5.74, 6) is -0.770. The fourth-order valence-electron chi connectivity index (χ4n) is 3.43. The highest BCUT2D eigenvalue weighted by Crippen LogP contribution is 2.36. The van der Waals surface area contributed by atoms with E-state index in [1.165, 1.54) is 12.5 Å². The quantitative estimate of drug-likeness (QED) is 0.795. The van der Waals surface area contributed by atoms with Crippen molar-refractivity contribution in [2.45, 2.75) is 12.7 Å². The minimum absolute atomic E-state index is 0.0815. The summed E-state index contributed by atoms with van der Waals surface area (Å²) in [6, 6.07) is 3.36. The standard InChI is InChI=1S/C19H20F3N5O3/c20-19(21,22)13-1-2-16(15(9-13)25-17(28)18-23-3-8-30-18)27-6-4-26(5-7-27)10-14-11-29-12-24-14/h1-2,9,11-12H,3-8,10H2,(H,25,28). The third-order valence-electron chi connectivity index (χ3n) is 4.93. The molecule has 11 heteroatoms. The van der Waals surface area contributed by atoms with Gasteiger partial charge >= 0.3 is 12.1 Å². The predicted molar refractivity (Wildman–Crippen MR) is 102 cm³/mol. The number of rotatable bonds is 5. The van der Waals surface area contributed by atoms with Gasteiger partial charge in [-0.2, -0.15) is 13.2 Å². The number of nitrogens with one attached hydrogen (secondary N) is 1. The average Bonchev–Trinajstić information content (AvgIpc) is 3.42. The smallest absolute Gasteiger partial charge is 0.416 e. The highest BCUT2D eigenvalue weighted by molar-refractivity contribution is 6.40. The van der Waals surface area contributed by atoms with Crippen LogP contribution in [0.4, 0.5) is 24.5 Å². The van der Waals surface area contributed by atoms with Crippen LogP contribution >= 0.6 is 0 Å². The fourth-order valence-corrected chi connectivity index (χ4v) is 3.43. The SMILES string of the molecule is O=C(Nc1cc(C(F)(F)F)ccc1N1CCN(Cc2cocn2)CC1)C1=NCCO1. The Morgan fingerprint density at radius 3 is 2.63 bits per heavy atom. The summed E-state index contributed by atoms with van der Waals surface area (Å²) in [6.45, 7) is 3.83. The van der Waals surface area contributed by atoms with Crippen LogP contribution in [0.5, 0.6) is 0 Å². The number of ether oxygens (including phenoxy) is 1. The van der Waals surface area contributed by atoms with Crippen LogP contribution in [0.3, 0.4) is 0 Å². The summed E-state index contributed by atoms with van der Waals surface area (Å²) in [5.41, 5.74) is 0.595. The summed E-state index contributed by atoms with van der Waals surface area (Å²) in [5, 5.41) is 2.54. The monoisotopic (exact) mass is 423 g/mol. The molecule has 2 aliphatic rings. The molecule has 2 aromatic rings. The molecule has 1 amide bonds. The molecule has 30 heavy (non-hydrogen) atoms. The number of carbonyl (C=O) groups excluding carboxylic acids is 1. The molecule has 2 aliphatic heterocycles. The number of nitrogens with zero attached hydrogens (tertiary/aromatic N) is 4. The van der Waals surface area contributed by atoms with Crippen molar-refractivity contribution < 1.29 is 27.1 Å². The molecule has 1 fully saturated rings. The van der Waals surface area contributed by atoms with Gasteiger partial charge in [-0.1, -0.05) is 0 Å². The Balaban J connectivity index is 1.51. The number of alkyl halides is 3. The first-order valence-electron chi connectivity index (χ1n) is 9.44. The van der Waals surface area contributed by atoms with Crippen LogP contribution in [0, 0.1) is 0 Å². The lowest BCUT2D eigenvalue weighted by atomic mass is 10.1. The van der Waals surface area contributed by atoms with Gasteiger partial charge in [0.15, 0.2) is 6.39 Å². The van der Waals surface area contributed by atoms with E-state index in [1.807, 2.05) is 4.90 Å². The Kier molecular flexibility index (Phi) is 5.62. The molecule has 0 atom stereocenters. The van der Waals surface area contributed by atoms with Crippen molar-refractivity contribution in [3.63, 3.8) is 0 Å². The van der Waals surface area contributed by atoms with E-state index in [1.54, 1.807) is 6.26 Å². The van der Waals surface area contributed by atoms with E-state index in [-0.39, 0.29) is 18.2 Å². The second kappa shape index (κ2) is 8.34. The molecule has 0 aliphatic carbocycles. The third-order valence-corrected chi connectivity index (χ3v) is 4.93. The number of piperazine rings is 1. The number of aromatic nitrogens is 1. The zero-order valence-corrected chi connectivity index (χ0v) is 16.0. The van der Waals surface area contributed by atoms with Crippen LogP contribution in [-0.2, 0) is 22.3 Å². The lowest BCUT2D eigenvalue weighted by molar-refractivity contribution is -0.137. The van der Waals surface area contributed by atoms with Crippen molar-refractivity contribution >= 4 is 23.2 Å². The molecule has 1 N–H and O–H groups in total. The Labute approximate surface area is 170 Å².